The van der Waals surface area contributed by atoms with Gasteiger partial charge in [-0.3, -0.25) is 0 Å². The highest BCUT2D eigenvalue weighted by atomic mass is 19.2. The first kappa shape index (κ1) is 34.2. The molecule has 0 saturated heterocycles. The van der Waals surface area contributed by atoms with E-state index < -0.39 is 58.1 Å². The molecule has 0 aromatic heterocycles. The maximum atomic E-state index is 15.2. The van der Waals surface area contributed by atoms with Crippen LogP contribution in [-0.4, -0.2) is 19.2 Å². The molecule has 45 heavy (non-hydrogen) atoms. The van der Waals surface area contributed by atoms with Crippen LogP contribution in [0.4, 0.5) is 26.3 Å². The van der Waals surface area contributed by atoms with Gasteiger partial charge < -0.3 is 14.2 Å². The van der Waals surface area contributed by atoms with Crippen LogP contribution in [0.25, 0.3) is 0 Å². The molecule has 1 aliphatic carbocycles. The summed E-state index contributed by atoms with van der Waals surface area (Å²) in [6.07, 6.45) is 6.69. The zero-order valence-corrected chi connectivity index (χ0v) is 25.5. The van der Waals surface area contributed by atoms with Crippen LogP contribution in [0.15, 0.2) is 36.4 Å². The van der Waals surface area contributed by atoms with E-state index in [1.165, 1.54) is 18.2 Å². The minimum absolute atomic E-state index is 0.0507. The van der Waals surface area contributed by atoms with Gasteiger partial charge in [-0.1, -0.05) is 51.7 Å². The quantitative estimate of drug-likeness (QED) is 0.0765. The van der Waals surface area contributed by atoms with E-state index in [0.29, 0.717) is 32.1 Å². The highest BCUT2D eigenvalue weighted by Gasteiger charge is 2.31. The molecule has 3 aromatic carbocycles. The number of halogens is 6. The van der Waals surface area contributed by atoms with Crippen molar-refractivity contribution in [2.75, 3.05) is 13.2 Å². The third-order valence-corrected chi connectivity index (χ3v) is 8.24. The van der Waals surface area contributed by atoms with Gasteiger partial charge in [0.25, 0.3) is 0 Å². The van der Waals surface area contributed by atoms with Gasteiger partial charge in [-0.15, -0.1) is 0 Å². The Hall–Kier alpha value is -3.69. The number of benzene rings is 3. The summed E-state index contributed by atoms with van der Waals surface area (Å²) in [4.78, 5) is 12.6. The molecular weight excluding hydrogens is 598 g/mol. The molecule has 0 heterocycles. The van der Waals surface area contributed by atoms with E-state index >= 15 is 8.78 Å². The molecule has 0 aliphatic heterocycles. The number of hydrogen-bond acceptors (Lipinski definition) is 4. The second-order valence-electron chi connectivity index (χ2n) is 11.4. The number of hydrogen-bond donors (Lipinski definition) is 0. The van der Waals surface area contributed by atoms with Crippen LogP contribution >= 0.6 is 0 Å². The van der Waals surface area contributed by atoms with Crippen molar-refractivity contribution >= 4 is 5.97 Å². The maximum Gasteiger partial charge on any atom is 0.346 e. The van der Waals surface area contributed by atoms with Crippen LogP contribution in [0, 0.1) is 34.9 Å². The first-order valence-corrected chi connectivity index (χ1v) is 15.6. The standard InChI is InChI=1S/C35H38F6O4/c1-3-5-7-8-20-44-27-17-15-25(31(38)33(27)40)35(42)45-28-18-14-24(30(37)34(28)41)22-11-9-21(10-12-22)23-13-16-26(32(39)29(23)36)43-19-6-4-2/h13-18,21-22H,3-12,19-20H2,1-2H3. The second-order valence-corrected chi connectivity index (χ2v) is 11.4. The molecule has 0 N–H and O–H groups in total. The van der Waals surface area contributed by atoms with Crippen LogP contribution in [0.1, 0.15) is 111 Å². The topological polar surface area (TPSA) is 44.8 Å². The normalized spacial score (nSPS) is 16.4. The van der Waals surface area contributed by atoms with E-state index in [0.717, 1.165) is 50.3 Å². The average molecular weight is 637 g/mol. The Labute approximate surface area is 259 Å². The fraction of sp³-hybridized carbons (Fsp3) is 0.457. The van der Waals surface area contributed by atoms with Gasteiger partial charge in [-0.2, -0.15) is 13.2 Å². The molecule has 244 valence electrons. The molecule has 0 unspecified atom stereocenters. The molecule has 1 saturated carbocycles. The van der Waals surface area contributed by atoms with Crippen molar-refractivity contribution in [3.05, 3.63) is 88.0 Å². The number of rotatable bonds is 14. The minimum Gasteiger partial charge on any atom is -0.490 e. The Morgan fingerprint density at radius 2 is 1.04 bits per heavy atom. The molecule has 0 atom stereocenters. The number of carbonyl (C=O) groups is 1. The Bertz CT molecular complexity index is 1470. The molecule has 4 nitrogen and oxygen atoms in total. The lowest BCUT2D eigenvalue weighted by molar-refractivity contribution is 0.0720. The molecule has 3 aromatic rings. The van der Waals surface area contributed by atoms with Crippen molar-refractivity contribution in [2.24, 2.45) is 0 Å². The van der Waals surface area contributed by atoms with Gasteiger partial charge in [0.15, 0.2) is 34.7 Å². The molecule has 0 spiro atoms. The third kappa shape index (κ3) is 8.13. The van der Waals surface area contributed by atoms with Crippen molar-refractivity contribution in [1.82, 2.24) is 0 Å². The molecule has 4 rings (SSSR count). The Balaban J connectivity index is 1.38. The highest BCUT2D eigenvalue weighted by molar-refractivity contribution is 5.91. The molecule has 10 heteroatoms. The van der Waals surface area contributed by atoms with Crippen LogP contribution in [0.3, 0.4) is 0 Å². The summed E-state index contributed by atoms with van der Waals surface area (Å²) in [5, 5.41) is 0. The van der Waals surface area contributed by atoms with E-state index in [1.54, 1.807) is 0 Å². The lowest BCUT2D eigenvalue weighted by atomic mass is 9.76. The van der Waals surface area contributed by atoms with E-state index in [2.05, 4.69) is 0 Å². The predicted molar refractivity (Wildman–Crippen MR) is 158 cm³/mol. The van der Waals surface area contributed by atoms with Gasteiger partial charge in [0.2, 0.25) is 17.5 Å². The first-order valence-electron chi connectivity index (χ1n) is 15.6. The molecule has 1 fully saturated rings. The largest absolute Gasteiger partial charge is 0.490 e. The van der Waals surface area contributed by atoms with E-state index in [9.17, 15) is 22.4 Å². The Kier molecular flexibility index (Phi) is 12.2. The molecule has 1 aliphatic rings. The molecule has 0 radical (unpaired) electrons. The monoisotopic (exact) mass is 636 g/mol. The van der Waals surface area contributed by atoms with Crippen LogP contribution in [0.2, 0.25) is 0 Å². The van der Waals surface area contributed by atoms with Gasteiger partial charge in [0, 0.05) is 0 Å². The van der Waals surface area contributed by atoms with Crippen LogP contribution in [-0.2, 0) is 0 Å². The third-order valence-electron chi connectivity index (χ3n) is 8.24. The fourth-order valence-electron chi connectivity index (χ4n) is 5.62. The second kappa shape index (κ2) is 16.0. The highest BCUT2D eigenvalue weighted by Crippen LogP contribution is 2.43. The molecule has 0 bridgehead atoms. The summed E-state index contributed by atoms with van der Waals surface area (Å²) in [7, 11) is 0. The van der Waals surface area contributed by atoms with E-state index in [1.807, 2.05) is 13.8 Å². The molecular formula is C35H38F6O4. The van der Waals surface area contributed by atoms with Crippen molar-refractivity contribution in [3.63, 3.8) is 0 Å². The summed E-state index contributed by atoms with van der Waals surface area (Å²) in [6.45, 7) is 4.46. The Morgan fingerprint density at radius 1 is 0.578 bits per heavy atom. The summed E-state index contributed by atoms with van der Waals surface area (Å²) >= 11 is 0. The van der Waals surface area contributed by atoms with E-state index in [-0.39, 0.29) is 41.8 Å². The summed E-state index contributed by atoms with van der Waals surface area (Å²) in [5.74, 6) is -10.9. The van der Waals surface area contributed by atoms with Crippen molar-refractivity contribution in [3.8, 4) is 17.2 Å². The summed E-state index contributed by atoms with van der Waals surface area (Å²) in [5.41, 5.74) is -0.523. The minimum atomic E-state index is -1.52. The van der Waals surface area contributed by atoms with Gasteiger partial charge in [0.05, 0.1) is 18.8 Å². The van der Waals surface area contributed by atoms with Crippen molar-refractivity contribution in [2.45, 2.75) is 89.9 Å². The summed E-state index contributed by atoms with van der Waals surface area (Å²) in [6, 6.07) is 7.32. The zero-order valence-electron chi connectivity index (χ0n) is 25.5. The maximum absolute atomic E-state index is 15.2. The van der Waals surface area contributed by atoms with Gasteiger partial charge in [0.1, 0.15) is 0 Å². The number of unbranched alkanes of at least 4 members (excludes halogenated alkanes) is 4. The first-order chi connectivity index (χ1) is 21.7. The number of ether oxygens (including phenoxy) is 3. The smallest absolute Gasteiger partial charge is 0.346 e. The zero-order chi connectivity index (χ0) is 32.5. The van der Waals surface area contributed by atoms with Gasteiger partial charge in [-0.05, 0) is 85.8 Å². The lowest BCUT2D eigenvalue weighted by Crippen LogP contribution is -2.17. The van der Waals surface area contributed by atoms with Gasteiger partial charge in [-0.25, -0.2) is 18.0 Å². The van der Waals surface area contributed by atoms with Gasteiger partial charge >= 0.3 is 5.97 Å². The average Bonchev–Trinajstić information content (AvgIpc) is 3.04. The lowest BCUT2D eigenvalue weighted by Gasteiger charge is -2.30. The Morgan fingerprint density at radius 3 is 1.60 bits per heavy atom. The van der Waals surface area contributed by atoms with Crippen LogP contribution < -0.4 is 14.2 Å². The number of carbonyl (C=O) groups excluding carboxylic acids is 1. The predicted octanol–water partition coefficient (Wildman–Crippen LogP) is 10.3. The van der Waals surface area contributed by atoms with Crippen molar-refractivity contribution in [1.29, 1.82) is 0 Å². The van der Waals surface area contributed by atoms with Crippen LogP contribution in [0.5, 0.6) is 17.2 Å². The van der Waals surface area contributed by atoms with Crippen molar-refractivity contribution < 1.29 is 45.3 Å². The fourth-order valence-corrected chi connectivity index (χ4v) is 5.62. The van der Waals surface area contributed by atoms with E-state index in [4.69, 9.17) is 14.2 Å². The SMILES string of the molecule is CCCCCCOc1ccc(C(=O)Oc2ccc(C3CCC(c4ccc(OCCCC)c(F)c4F)CC3)c(F)c2F)c(F)c1F. The summed E-state index contributed by atoms with van der Waals surface area (Å²) < 4.78 is 104. The number of esters is 1. The molecule has 0 amide bonds.